The van der Waals surface area contributed by atoms with Crippen LogP contribution in [0.25, 0.3) is 0 Å². The van der Waals surface area contributed by atoms with Crippen LogP contribution in [0, 0.1) is 0 Å². The Bertz CT molecular complexity index is 1420. The molecular weight excluding hydrogens is 549 g/mol. The van der Waals surface area contributed by atoms with E-state index in [2.05, 4.69) is 0 Å². The lowest BCUT2D eigenvalue weighted by molar-refractivity contribution is -0.258. The minimum absolute atomic E-state index is 0.0597. The Morgan fingerprint density at radius 2 is 1.59 bits per heavy atom. The van der Waals surface area contributed by atoms with E-state index in [-0.39, 0.29) is 34.3 Å². The smallest absolute Gasteiger partial charge is 0.376 e. The van der Waals surface area contributed by atoms with Gasteiger partial charge >= 0.3 is 6.18 Å². The summed E-state index contributed by atoms with van der Waals surface area (Å²) in [4.78, 5) is 1.78. The fraction of sp³-hybridized carbons (Fsp3) is 0.333. The lowest BCUT2D eigenvalue weighted by Gasteiger charge is -2.42. The number of anilines is 1. The van der Waals surface area contributed by atoms with Crippen LogP contribution >= 0.6 is 11.3 Å². The van der Waals surface area contributed by atoms with Crippen molar-refractivity contribution in [1.82, 2.24) is 4.31 Å². The fourth-order valence-electron chi connectivity index (χ4n) is 4.18. The van der Waals surface area contributed by atoms with Crippen LogP contribution in [-0.4, -0.2) is 63.9 Å². The van der Waals surface area contributed by atoms with Gasteiger partial charge in [-0.1, -0.05) is 36.4 Å². The van der Waals surface area contributed by atoms with Crippen molar-refractivity contribution in [3.8, 4) is 0 Å². The molecule has 0 aliphatic carbocycles. The number of aliphatic hydroxyl groups is 1. The van der Waals surface area contributed by atoms with Crippen LogP contribution in [0.15, 0.2) is 81.2 Å². The van der Waals surface area contributed by atoms with E-state index in [4.69, 9.17) is 0 Å². The molecule has 1 saturated heterocycles. The molecule has 13 heteroatoms. The molecule has 0 bridgehead atoms. The predicted molar refractivity (Wildman–Crippen MR) is 135 cm³/mol. The van der Waals surface area contributed by atoms with Gasteiger partial charge in [-0.2, -0.15) is 17.5 Å². The third-order valence-corrected chi connectivity index (χ3v) is 11.4. The molecule has 200 valence electrons. The number of benzene rings is 2. The Labute approximate surface area is 217 Å². The second-order valence-corrected chi connectivity index (χ2v) is 14.0. The van der Waals surface area contributed by atoms with Gasteiger partial charge in [0.05, 0.1) is 16.7 Å². The zero-order valence-corrected chi connectivity index (χ0v) is 22.1. The van der Waals surface area contributed by atoms with E-state index < -0.39 is 43.4 Å². The summed E-state index contributed by atoms with van der Waals surface area (Å²) in [7, 11) is -7.67. The molecule has 0 unspecified atom stereocenters. The average molecular weight is 575 g/mol. The van der Waals surface area contributed by atoms with Crippen molar-refractivity contribution in [2.45, 2.75) is 33.8 Å². The highest BCUT2D eigenvalue weighted by molar-refractivity contribution is 7.91. The summed E-state index contributed by atoms with van der Waals surface area (Å²) in [6, 6.07) is 15.1. The summed E-state index contributed by atoms with van der Waals surface area (Å²) in [5.41, 5.74) is -3.01. The molecule has 1 N–H and O–H groups in total. The Balaban J connectivity index is 1.67. The highest BCUT2D eigenvalue weighted by Crippen LogP contribution is 2.39. The largest absolute Gasteiger partial charge is 0.421 e. The molecule has 1 aromatic heterocycles. The van der Waals surface area contributed by atoms with E-state index in [1.165, 1.54) is 34.6 Å². The Morgan fingerprint density at radius 1 is 0.946 bits per heavy atom. The first-order chi connectivity index (χ1) is 17.2. The normalized spacial score (nSPS) is 19.5. The van der Waals surface area contributed by atoms with E-state index in [9.17, 15) is 35.1 Å². The molecule has 7 nitrogen and oxygen atoms in total. The highest BCUT2D eigenvalue weighted by Gasteiger charge is 2.51. The zero-order valence-electron chi connectivity index (χ0n) is 19.7. The summed E-state index contributed by atoms with van der Waals surface area (Å²) >= 11 is 1.06. The maximum absolute atomic E-state index is 13.3. The SMILES string of the molecule is C[C@](O)(c1ccc(N2CCN(S(=O)(=O)c3cccs3)C[C@@H]2CS(=O)(=O)c2ccccc2)cc1)C(F)(F)F. The van der Waals surface area contributed by atoms with Gasteiger partial charge < -0.3 is 10.0 Å². The van der Waals surface area contributed by atoms with Crippen LogP contribution in [-0.2, 0) is 25.5 Å². The van der Waals surface area contributed by atoms with E-state index in [0.29, 0.717) is 12.6 Å². The Morgan fingerprint density at radius 3 is 2.16 bits per heavy atom. The monoisotopic (exact) mass is 574 g/mol. The van der Waals surface area contributed by atoms with Crippen molar-refractivity contribution in [2.24, 2.45) is 0 Å². The van der Waals surface area contributed by atoms with E-state index in [0.717, 1.165) is 23.5 Å². The van der Waals surface area contributed by atoms with Gasteiger partial charge in [0.25, 0.3) is 10.0 Å². The highest BCUT2D eigenvalue weighted by atomic mass is 32.2. The molecule has 1 aliphatic rings. The van der Waals surface area contributed by atoms with Crippen molar-refractivity contribution in [2.75, 3.05) is 30.3 Å². The Hall–Kier alpha value is -2.45. The molecule has 2 heterocycles. The van der Waals surface area contributed by atoms with E-state index in [1.807, 2.05) is 0 Å². The number of nitrogens with zero attached hydrogens (tertiary/aromatic N) is 2. The first kappa shape index (κ1) is 27.6. The number of rotatable bonds is 7. The van der Waals surface area contributed by atoms with Crippen LogP contribution in [0.5, 0.6) is 0 Å². The number of sulfone groups is 1. The van der Waals surface area contributed by atoms with Gasteiger partial charge in [-0.05, 0) is 48.2 Å². The molecule has 4 rings (SSSR count). The summed E-state index contributed by atoms with van der Waals surface area (Å²) in [5, 5.41) is 11.6. The number of hydrogen-bond acceptors (Lipinski definition) is 7. The molecule has 2 aromatic carbocycles. The van der Waals surface area contributed by atoms with Crippen molar-refractivity contribution in [3.05, 3.63) is 77.7 Å². The molecule has 0 amide bonds. The average Bonchev–Trinajstić information content (AvgIpc) is 3.40. The van der Waals surface area contributed by atoms with Gasteiger partial charge in [-0.25, -0.2) is 16.8 Å². The number of hydrogen-bond donors (Lipinski definition) is 1. The van der Waals surface area contributed by atoms with Gasteiger partial charge in [0, 0.05) is 25.3 Å². The summed E-state index contributed by atoms with van der Waals surface area (Å²) in [6.45, 7) is 0.707. The maximum Gasteiger partial charge on any atom is 0.421 e. The minimum Gasteiger partial charge on any atom is -0.376 e. The topological polar surface area (TPSA) is 95.0 Å². The van der Waals surface area contributed by atoms with E-state index >= 15 is 0 Å². The maximum atomic E-state index is 13.3. The molecule has 1 fully saturated rings. The minimum atomic E-state index is -4.89. The molecule has 0 radical (unpaired) electrons. The second-order valence-electron chi connectivity index (χ2n) is 8.85. The van der Waals surface area contributed by atoms with Crippen LogP contribution in [0.3, 0.4) is 0 Å². The molecule has 1 aliphatic heterocycles. The van der Waals surface area contributed by atoms with Crippen LogP contribution in [0.4, 0.5) is 18.9 Å². The van der Waals surface area contributed by atoms with Crippen molar-refractivity contribution >= 4 is 36.9 Å². The Kier molecular flexibility index (Phi) is 7.47. The standard InChI is InChI=1S/C24H25F3N2O5S3/c1-23(30,24(25,26)27)18-9-11-19(12-10-18)29-14-13-28(37(33,34)22-8-5-15-35-22)16-20(29)17-36(31,32)21-6-3-2-4-7-21/h2-12,15,20,30H,13-14,16-17H2,1H3/t20-,23+/m1/s1. The van der Waals surface area contributed by atoms with Gasteiger partial charge in [-0.3, -0.25) is 0 Å². The van der Waals surface area contributed by atoms with Crippen molar-refractivity contribution in [3.63, 3.8) is 0 Å². The summed E-state index contributed by atoms with van der Waals surface area (Å²) in [5.74, 6) is -0.407. The quantitative estimate of drug-likeness (QED) is 0.461. The predicted octanol–water partition coefficient (Wildman–Crippen LogP) is 3.87. The third kappa shape index (κ3) is 5.55. The molecule has 0 saturated carbocycles. The lowest BCUT2D eigenvalue weighted by atomic mass is 9.95. The van der Waals surface area contributed by atoms with Gasteiger partial charge in [0.15, 0.2) is 15.4 Å². The lowest BCUT2D eigenvalue weighted by Crippen LogP contribution is -2.57. The van der Waals surface area contributed by atoms with Crippen molar-refractivity contribution < 1.29 is 35.1 Å². The van der Waals surface area contributed by atoms with Crippen LogP contribution in [0.2, 0.25) is 0 Å². The number of thiophene rings is 1. The first-order valence-electron chi connectivity index (χ1n) is 11.2. The van der Waals surface area contributed by atoms with Crippen LogP contribution < -0.4 is 4.90 Å². The molecule has 2 atom stereocenters. The molecule has 0 spiro atoms. The number of sulfonamides is 1. The van der Waals surface area contributed by atoms with Gasteiger partial charge in [-0.15, -0.1) is 11.3 Å². The van der Waals surface area contributed by atoms with E-state index in [1.54, 1.807) is 34.5 Å². The van der Waals surface area contributed by atoms with Crippen molar-refractivity contribution in [1.29, 1.82) is 0 Å². The molecule has 3 aromatic rings. The summed E-state index contributed by atoms with van der Waals surface area (Å²) in [6.07, 6.45) is -4.89. The first-order valence-corrected chi connectivity index (χ1v) is 15.2. The third-order valence-electron chi connectivity index (χ3n) is 6.36. The van der Waals surface area contributed by atoms with Crippen LogP contribution in [0.1, 0.15) is 12.5 Å². The number of halogens is 3. The number of alkyl halides is 3. The molecule has 37 heavy (non-hydrogen) atoms. The fourth-order valence-corrected chi connectivity index (χ4v) is 8.35. The molecular formula is C24H25F3N2O5S3. The second kappa shape index (κ2) is 10.0. The van der Waals surface area contributed by atoms with Gasteiger partial charge in [0.1, 0.15) is 4.21 Å². The zero-order chi connectivity index (χ0) is 27.1. The van der Waals surface area contributed by atoms with Gasteiger partial charge in [0.2, 0.25) is 0 Å². The number of piperazine rings is 1. The summed E-state index contributed by atoms with van der Waals surface area (Å²) < 4.78 is 93.9.